The smallest absolute Gasteiger partial charge is 0.479 e. The Morgan fingerprint density at radius 3 is 2.54 bits per heavy atom. The number of aliphatic hydroxyl groups is 1. The highest BCUT2D eigenvalue weighted by atomic mass is 19.1. The number of ketones is 1. The van der Waals surface area contributed by atoms with Crippen molar-refractivity contribution in [1.29, 1.82) is 0 Å². The first-order chi connectivity index (χ1) is 21.5. The van der Waals surface area contributed by atoms with E-state index in [9.17, 15) is 24.5 Å². The van der Waals surface area contributed by atoms with Gasteiger partial charge in [-0.15, -0.1) is 6.58 Å². The molecule has 0 aromatic heterocycles. The van der Waals surface area contributed by atoms with E-state index in [1.54, 1.807) is 25.1 Å². The average molecular weight is 643 g/mol. The fraction of sp³-hybridized carbons (Fsp3) is 0.647. The predicted octanol–water partition coefficient (Wildman–Crippen LogP) is 4.36. The number of carbonyl (C=O) groups is 3. The summed E-state index contributed by atoms with van der Waals surface area (Å²) in [5, 5.41) is 26.6. The molecule has 9 atom stereocenters. The summed E-state index contributed by atoms with van der Waals surface area (Å²) in [5.74, 6) is -1.31. The number of halogens is 1. The van der Waals surface area contributed by atoms with Crippen molar-refractivity contribution >= 4 is 36.6 Å². The molecule has 0 spiro atoms. The summed E-state index contributed by atoms with van der Waals surface area (Å²) in [5.41, 5.74) is -0.719. The van der Waals surface area contributed by atoms with Gasteiger partial charge < -0.3 is 24.3 Å². The molecule has 3 aliphatic rings. The van der Waals surface area contributed by atoms with E-state index < -0.39 is 66.1 Å². The zero-order valence-corrected chi connectivity index (χ0v) is 28.2. The van der Waals surface area contributed by atoms with Gasteiger partial charge in [0.1, 0.15) is 11.9 Å². The van der Waals surface area contributed by atoms with Crippen LogP contribution in [0.3, 0.4) is 0 Å². The first kappa shape index (κ1) is 35.6. The van der Waals surface area contributed by atoms with Crippen LogP contribution in [-0.2, 0) is 19.1 Å². The minimum Gasteiger partial charge on any atom is -0.482 e. The number of carbonyl (C=O) groups excluding carboxylic acids is 3. The third kappa shape index (κ3) is 5.87. The van der Waals surface area contributed by atoms with E-state index in [0.29, 0.717) is 35.2 Å². The van der Waals surface area contributed by atoms with Gasteiger partial charge in [0.05, 0.1) is 19.4 Å². The Labute approximate surface area is 271 Å². The number of alkyl halides is 1. The summed E-state index contributed by atoms with van der Waals surface area (Å²) in [6.45, 7) is 16.6. The molecule has 1 heterocycles. The van der Waals surface area contributed by atoms with Gasteiger partial charge in [-0.05, 0) is 85.4 Å². The molecular formula is C34H48BFN2O8. The second kappa shape index (κ2) is 13.1. The summed E-state index contributed by atoms with van der Waals surface area (Å²) in [6, 6.07) is 3.32. The maximum atomic E-state index is 15.3. The Balaban J connectivity index is 1.63. The third-order valence-corrected chi connectivity index (χ3v) is 12.0. The number of Topliss-reactive ketones (excluding diaryl/α,β-unsaturated/α-hetero) is 1. The van der Waals surface area contributed by atoms with Crippen LogP contribution in [0, 0.1) is 40.9 Å². The molecule has 12 heteroatoms. The highest BCUT2D eigenvalue weighted by Crippen LogP contribution is 2.65. The summed E-state index contributed by atoms with van der Waals surface area (Å²) in [7, 11) is -0.226. The Morgan fingerprint density at radius 2 is 1.93 bits per heavy atom. The molecule has 0 unspecified atom stereocenters. The van der Waals surface area contributed by atoms with Crippen molar-refractivity contribution in [3.05, 3.63) is 35.9 Å². The van der Waals surface area contributed by atoms with Crippen molar-refractivity contribution in [2.45, 2.75) is 92.5 Å². The highest BCUT2D eigenvalue weighted by molar-refractivity contribution is 6.68. The van der Waals surface area contributed by atoms with Crippen molar-refractivity contribution < 1.29 is 43.1 Å². The van der Waals surface area contributed by atoms with Gasteiger partial charge in [-0.25, -0.2) is 18.9 Å². The van der Waals surface area contributed by atoms with Gasteiger partial charge in [0, 0.05) is 10.8 Å². The summed E-state index contributed by atoms with van der Waals surface area (Å²) >= 11 is 0. The molecule has 252 valence electrons. The Bertz CT molecular complexity index is 1410. The number of ether oxygens (including phenoxy) is 3. The van der Waals surface area contributed by atoms with Crippen molar-refractivity contribution in [3.8, 4) is 5.75 Å². The van der Waals surface area contributed by atoms with Gasteiger partial charge in [0.25, 0.3) is 0 Å². The number of hydrazone groups is 1. The first-order valence-electron chi connectivity index (χ1n) is 16.0. The van der Waals surface area contributed by atoms with Crippen LogP contribution in [0.1, 0.15) is 78.4 Å². The molecule has 2 saturated carbocycles. The molecule has 2 fully saturated rings. The van der Waals surface area contributed by atoms with Gasteiger partial charge in [0.2, 0.25) is 0 Å². The second-order valence-corrected chi connectivity index (χ2v) is 14.1. The van der Waals surface area contributed by atoms with Crippen LogP contribution < -0.4 is 10.2 Å². The van der Waals surface area contributed by atoms with E-state index in [-0.39, 0.29) is 24.2 Å². The van der Waals surface area contributed by atoms with Crippen LogP contribution in [0.5, 0.6) is 5.75 Å². The van der Waals surface area contributed by atoms with Crippen LogP contribution in [0.4, 0.5) is 9.18 Å². The summed E-state index contributed by atoms with van der Waals surface area (Å²) in [4.78, 5) is 38.6. The van der Waals surface area contributed by atoms with E-state index in [1.807, 2.05) is 20.8 Å². The molecule has 1 amide bonds. The lowest BCUT2D eigenvalue weighted by molar-refractivity contribution is -0.215. The maximum Gasteiger partial charge on any atom is 0.479 e. The minimum absolute atomic E-state index is 0.0113. The number of benzene rings is 1. The molecule has 0 saturated heterocycles. The summed E-state index contributed by atoms with van der Waals surface area (Å²) in [6.07, 6.45) is 0.679. The monoisotopic (exact) mass is 642 g/mol. The van der Waals surface area contributed by atoms with E-state index in [0.717, 1.165) is 11.3 Å². The number of methoxy groups -OCH3 is 1. The lowest BCUT2D eigenvalue weighted by atomic mass is 9.42. The van der Waals surface area contributed by atoms with Crippen molar-refractivity contribution in [2.75, 3.05) is 13.7 Å². The topological polar surface area (TPSA) is 135 Å². The molecule has 0 radical (unpaired) electrons. The van der Waals surface area contributed by atoms with Gasteiger partial charge in [-0.3, -0.25) is 4.79 Å². The average Bonchev–Trinajstić information content (AvgIpc) is 3.02. The molecule has 1 aromatic carbocycles. The second-order valence-electron chi connectivity index (χ2n) is 14.1. The maximum absolute atomic E-state index is 15.3. The van der Waals surface area contributed by atoms with Crippen LogP contribution in [-0.4, -0.2) is 78.3 Å². The van der Waals surface area contributed by atoms with Gasteiger partial charge in [-0.2, -0.15) is 5.10 Å². The number of rotatable bonds is 8. The quantitative estimate of drug-likeness (QED) is 0.243. The summed E-state index contributed by atoms with van der Waals surface area (Å²) < 4.78 is 32.2. The fourth-order valence-corrected chi connectivity index (χ4v) is 8.44. The largest absolute Gasteiger partial charge is 0.482 e. The zero-order chi connectivity index (χ0) is 34.4. The normalized spacial score (nSPS) is 34.5. The standard InChI is InChI=1S/C34H48BFN2O8/c1-10-32(7)16-27(33(8)19(2)13-14-34(23(33)6,21(4)30(32)41)15-25(36)22(5)39)46-28(40)18-45-26-12-11-24-17-37-38(31(42)44-9)35(43)29(24)20(26)3/h10-12,17,19,21,23,25,27,30,41,43H,1,13-16,18H2,2-9H3/t19-,21+,23+,25+,27-,30+,32-,33-,34+/m1/s1. The lowest BCUT2D eigenvalue weighted by Crippen LogP contribution is -2.63. The number of hydrogen-bond donors (Lipinski definition) is 2. The Kier molecular flexibility index (Phi) is 10.1. The van der Waals surface area contributed by atoms with Gasteiger partial charge in [0.15, 0.2) is 18.6 Å². The number of hydrogen-bond acceptors (Lipinski definition) is 9. The number of amides is 1. The predicted molar refractivity (Wildman–Crippen MR) is 172 cm³/mol. The molecule has 1 aliphatic heterocycles. The zero-order valence-electron chi connectivity index (χ0n) is 28.2. The van der Waals surface area contributed by atoms with Crippen LogP contribution in [0.25, 0.3) is 0 Å². The Hall–Kier alpha value is -3.25. The number of esters is 1. The van der Waals surface area contributed by atoms with E-state index >= 15 is 4.39 Å². The molecule has 1 aromatic rings. The Morgan fingerprint density at radius 1 is 1.26 bits per heavy atom. The fourth-order valence-electron chi connectivity index (χ4n) is 8.44. The van der Waals surface area contributed by atoms with E-state index in [4.69, 9.17) is 14.2 Å². The van der Waals surface area contributed by atoms with Gasteiger partial charge in [-0.1, -0.05) is 46.8 Å². The van der Waals surface area contributed by atoms with Gasteiger partial charge >= 0.3 is 19.1 Å². The van der Waals surface area contributed by atoms with Crippen LogP contribution in [0.15, 0.2) is 29.9 Å². The number of aliphatic hydroxyl groups excluding tert-OH is 1. The lowest BCUT2D eigenvalue weighted by Gasteiger charge is -2.64. The van der Waals surface area contributed by atoms with Crippen LogP contribution >= 0.6 is 0 Å². The molecular weight excluding hydrogens is 594 g/mol. The van der Waals surface area contributed by atoms with E-state index in [1.165, 1.54) is 20.2 Å². The van der Waals surface area contributed by atoms with Crippen molar-refractivity contribution in [1.82, 2.24) is 4.92 Å². The molecule has 46 heavy (non-hydrogen) atoms. The SMILES string of the molecule is C=C[C@]1(C)C[C@@H](OC(=O)COc2ccc3c(c2C)B(O)N(C(=O)OC)N=C3)[C@]2(C)[C@H](C)CC[C@@](C[C@H](F)C(C)=O)([C@H]2C)[C@@H](C)[C@@H]1O. The molecule has 2 N–H and O–H groups in total. The first-order valence-corrected chi connectivity index (χ1v) is 16.0. The van der Waals surface area contributed by atoms with Crippen LogP contribution in [0.2, 0.25) is 0 Å². The highest BCUT2D eigenvalue weighted by Gasteiger charge is 2.63. The molecule has 4 rings (SSSR count). The van der Waals surface area contributed by atoms with Crippen molar-refractivity contribution in [3.63, 3.8) is 0 Å². The van der Waals surface area contributed by atoms with E-state index in [2.05, 4.69) is 25.5 Å². The molecule has 2 aliphatic carbocycles. The van der Waals surface area contributed by atoms with Crippen molar-refractivity contribution in [2.24, 2.45) is 39.1 Å². The number of fused-ring (bicyclic) bond motifs is 3. The molecule has 10 nitrogen and oxygen atoms in total. The minimum atomic E-state index is -1.66. The number of nitrogens with zero attached hydrogens (tertiary/aromatic N) is 2. The third-order valence-electron chi connectivity index (χ3n) is 12.0. The molecule has 2 bridgehead atoms.